The third-order valence-electron chi connectivity index (χ3n) is 2.26. The molecule has 5 heteroatoms. The first-order chi connectivity index (χ1) is 8.42. The number of hydrogen-bond acceptors (Lipinski definition) is 4. The Kier molecular flexibility index (Phi) is 2.42. The second-order valence-corrected chi connectivity index (χ2v) is 3.46. The number of aromatic nitrogens is 4. The first-order valence-electron chi connectivity index (χ1n) is 5.16. The van der Waals surface area contributed by atoms with Crippen molar-refractivity contribution in [3.05, 3.63) is 48.7 Å². The molecule has 3 aromatic rings. The van der Waals surface area contributed by atoms with Gasteiger partial charge >= 0.3 is 0 Å². The molecule has 0 saturated heterocycles. The molecule has 0 aliphatic rings. The number of nitrogens with zero attached hydrogens (tertiary/aromatic N) is 3. The molecule has 0 amide bonds. The maximum Gasteiger partial charge on any atom is 0.180 e. The van der Waals surface area contributed by atoms with Gasteiger partial charge in [0.25, 0.3) is 0 Å². The van der Waals surface area contributed by atoms with Crippen LogP contribution >= 0.6 is 0 Å². The van der Waals surface area contributed by atoms with Crippen LogP contribution in [0.15, 0.2) is 36.8 Å². The van der Waals surface area contributed by atoms with Crippen LogP contribution in [0.5, 0.6) is 5.75 Å². The summed E-state index contributed by atoms with van der Waals surface area (Å²) in [5.41, 5.74) is 1.46. The maximum absolute atomic E-state index is 5.52. The van der Waals surface area contributed by atoms with Gasteiger partial charge in [0.2, 0.25) is 0 Å². The van der Waals surface area contributed by atoms with Crippen molar-refractivity contribution < 1.29 is 4.74 Å². The predicted molar refractivity (Wildman–Crippen MR) is 61.3 cm³/mol. The van der Waals surface area contributed by atoms with Crippen molar-refractivity contribution >= 4 is 11.2 Å². The van der Waals surface area contributed by atoms with E-state index >= 15 is 0 Å². The summed E-state index contributed by atoms with van der Waals surface area (Å²) in [6, 6.07) is 10.4. The topological polar surface area (TPSA) is 63.7 Å². The Labute approximate surface area is 97.5 Å². The monoisotopic (exact) mass is 225 g/mol. The number of fused-ring (bicyclic) bond motifs is 1. The third kappa shape index (κ3) is 2.08. The molecule has 0 aliphatic carbocycles. The SMILES string of the molecule is [c]1ccccc1OCc1nc2ncncc2[nH]1. The van der Waals surface area contributed by atoms with Gasteiger partial charge in [-0.1, -0.05) is 18.2 Å². The predicted octanol–water partition coefficient (Wildman–Crippen LogP) is 1.73. The van der Waals surface area contributed by atoms with Gasteiger partial charge < -0.3 is 9.72 Å². The lowest BCUT2D eigenvalue weighted by atomic mass is 10.3. The van der Waals surface area contributed by atoms with E-state index < -0.39 is 0 Å². The summed E-state index contributed by atoms with van der Waals surface area (Å²) in [4.78, 5) is 15.3. The largest absolute Gasteiger partial charge is 0.485 e. The van der Waals surface area contributed by atoms with E-state index in [1.165, 1.54) is 6.33 Å². The molecule has 1 N–H and O–H groups in total. The van der Waals surface area contributed by atoms with E-state index in [2.05, 4.69) is 26.0 Å². The number of ether oxygens (including phenoxy) is 1. The summed E-state index contributed by atoms with van der Waals surface area (Å²) in [5.74, 6) is 1.41. The Morgan fingerprint density at radius 1 is 1.35 bits per heavy atom. The van der Waals surface area contributed by atoms with Crippen LogP contribution in [-0.2, 0) is 6.61 Å². The molecule has 0 fully saturated rings. The molecule has 5 nitrogen and oxygen atoms in total. The molecule has 0 aliphatic heterocycles. The zero-order chi connectivity index (χ0) is 11.5. The Bertz CT molecular complexity index is 587. The number of hydrogen-bond donors (Lipinski definition) is 1. The Morgan fingerprint density at radius 3 is 3.18 bits per heavy atom. The van der Waals surface area contributed by atoms with Gasteiger partial charge in [0.1, 0.15) is 30.0 Å². The standard InChI is InChI=1S/C12H9N4O/c1-2-4-9(5-3-1)17-7-11-15-10-6-13-8-14-12(10)16-11/h1-4,6,8H,7H2,(H,13,14,15,16). The van der Waals surface area contributed by atoms with Crippen molar-refractivity contribution in [1.82, 2.24) is 19.9 Å². The molecule has 0 bridgehead atoms. The van der Waals surface area contributed by atoms with E-state index in [0.29, 0.717) is 18.0 Å². The first kappa shape index (κ1) is 9.77. The highest BCUT2D eigenvalue weighted by Gasteiger charge is 2.03. The molecular formula is C12H9N4O. The van der Waals surface area contributed by atoms with Gasteiger partial charge in [0.15, 0.2) is 5.65 Å². The van der Waals surface area contributed by atoms with E-state index in [9.17, 15) is 0 Å². The number of nitrogens with one attached hydrogen (secondary N) is 1. The van der Waals surface area contributed by atoms with Crippen molar-refractivity contribution in [3.8, 4) is 5.75 Å². The Morgan fingerprint density at radius 2 is 2.35 bits per heavy atom. The molecule has 17 heavy (non-hydrogen) atoms. The van der Waals surface area contributed by atoms with Crippen LogP contribution in [0.4, 0.5) is 0 Å². The van der Waals surface area contributed by atoms with Crippen LogP contribution in [0.3, 0.4) is 0 Å². The quantitative estimate of drug-likeness (QED) is 0.737. The van der Waals surface area contributed by atoms with Gasteiger partial charge in [-0.15, -0.1) is 0 Å². The highest BCUT2D eigenvalue weighted by molar-refractivity contribution is 5.68. The molecule has 0 spiro atoms. The van der Waals surface area contributed by atoms with Crippen molar-refractivity contribution in [1.29, 1.82) is 0 Å². The third-order valence-corrected chi connectivity index (χ3v) is 2.26. The van der Waals surface area contributed by atoms with E-state index in [4.69, 9.17) is 4.74 Å². The molecule has 1 aromatic carbocycles. The average molecular weight is 225 g/mol. The molecule has 3 rings (SSSR count). The smallest absolute Gasteiger partial charge is 0.180 e. The lowest BCUT2D eigenvalue weighted by Gasteiger charge is -2.01. The zero-order valence-electron chi connectivity index (χ0n) is 8.92. The van der Waals surface area contributed by atoms with Crippen LogP contribution in [0.2, 0.25) is 0 Å². The highest BCUT2D eigenvalue weighted by Crippen LogP contribution is 2.11. The average Bonchev–Trinajstić information content (AvgIpc) is 2.80. The van der Waals surface area contributed by atoms with Gasteiger partial charge in [-0.2, -0.15) is 0 Å². The number of aromatic amines is 1. The van der Waals surface area contributed by atoms with E-state index in [1.54, 1.807) is 12.3 Å². The molecule has 0 unspecified atom stereocenters. The summed E-state index contributed by atoms with van der Waals surface area (Å²) < 4.78 is 5.52. The van der Waals surface area contributed by atoms with E-state index in [1.807, 2.05) is 18.2 Å². The molecule has 83 valence electrons. The molecule has 0 saturated carbocycles. The van der Waals surface area contributed by atoms with Crippen LogP contribution in [0.25, 0.3) is 11.2 Å². The summed E-state index contributed by atoms with van der Waals surface area (Å²) >= 11 is 0. The number of imidazole rings is 1. The Hall–Kier alpha value is -2.43. The van der Waals surface area contributed by atoms with Crippen LogP contribution in [-0.4, -0.2) is 19.9 Å². The molecule has 0 atom stereocenters. The van der Waals surface area contributed by atoms with Crippen molar-refractivity contribution in [2.75, 3.05) is 0 Å². The molecule has 2 aromatic heterocycles. The summed E-state index contributed by atoms with van der Waals surface area (Å²) in [5, 5.41) is 0. The molecule has 1 radical (unpaired) electrons. The molecular weight excluding hydrogens is 216 g/mol. The lowest BCUT2D eigenvalue weighted by molar-refractivity contribution is 0.297. The second-order valence-electron chi connectivity index (χ2n) is 3.46. The van der Waals surface area contributed by atoms with Gasteiger partial charge in [-0.3, -0.25) is 0 Å². The number of benzene rings is 1. The van der Waals surface area contributed by atoms with Crippen LogP contribution in [0.1, 0.15) is 5.82 Å². The minimum atomic E-state index is 0.358. The van der Waals surface area contributed by atoms with E-state index in [0.717, 1.165) is 11.3 Å². The summed E-state index contributed by atoms with van der Waals surface area (Å²) in [7, 11) is 0. The number of rotatable bonds is 3. The van der Waals surface area contributed by atoms with Gasteiger partial charge in [0, 0.05) is 6.07 Å². The second kappa shape index (κ2) is 4.21. The minimum Gasteiger partial charge on any atom is -0.485 e. The fraction of sp³-hybridized carbons (Fsp3) is 0.0833. The molecule has 2 heterocycles. The summed E-state index contributed by atoms with van der Waals surface area (Å²) in [6.07, 6.45) is 3.16. The Balaban J connectivity index is 1.77. The number of para-hydroxylation sites is 1. The highest BCUT2D eigenvalue weighted by atomic mass is 16.5. The number of H-pyrrole nitrogens is 1. The summed E-state index contributed by atoms with van der Waals surface area (Å²) in [6.45, 7) is 0.358. The maximum atomic E-state index is 5.52. The normalized spacial score (nSPS) is 10.6. The van der Waals surface area contributed by atoms with Crippen molar-refractivity contribution in [2.45, 2.75) is 6.61 Å². The first-order valence-corrected chi connectivity index (χ1v) is 5.16. The lowest BCUT2D eigenvalue weighted by Crippen LogP contribution is -1.97. The van der Waals surface area contributed by atoms with Gasteiger partial charge in [0.05, 0.1) is 6.20 Å². The van der Waals surface area contributed by atoms with Crippen LogP contribution in [0, 0.1) is 6.07 Å². The fourth-order valence-electron chi connectivity index (χ4n) is 1.49. The van der Waals surface area contributed by atoms with Crippen molar-refractivity contribution in [2.24, 2.45) is 0 Å². The fourth-order valence-corrected chi connectivity index (χ4v) is 1.49. The van der Waals surface area contributed by atoms with Gasteiger partial charge in [-0.05, 0) is 6.07 Å². The zero-order valence-corrected chi connectivity index (χ0v) is 8.92. The van der Waals surface area contributed by atoms with E-state index in [-0.39, 0.29) is 0 Å². The van der Waals surface area contributed by atoms with Crippen LogP contribution < -0.4 is 4.74 Å². The van der Waals surface area contributed by atoms with Gasteiger partial charge in [-0.25, -0.2) is 15.0 Å². The van der Waals surface area contributed by atoms with Crippen molar-refractivity contribution in [3.63, 3.8) is 0 Å². The minimum absolute atomic E-state index is 0.358.